The van der Waals surface area contributed by atoms with Crippen LogP contribution in [0.5, 0.6) is 5.75 Å². The van der Waals surface area contributed by atoms with Crippen LogP contribution in [0.25, 0.3) is 0 Å². The molecule has 78 valence electrons. The first kappa shape index (κ1) is 11.4. The summed E-state index contributed by atoms with van der Waals surface area (Å²) in [5.41, 5.74) is 0. The lowest BCUT2D eigenvalue weighted by Crippen LogP contribution is -1.92. The smallest absolute Gasteiger partial charge is 0.122 e. The largest absolute Gasteiger partial charge is 0.488 e. The average Bonchev–Trinajstić information content (AvgIpc) is 2.64. The van der Waals surface area contributed by atoms with E-state index in [2.05, 4.69) is 50.0 Å². The standard InChI is InChI=1S/C11H8BrIOS/c12-8-5-11(15-7-8)6-14-10-3-1-9(13)2-4-10/h1-5,7H,6H2. The predicted molar refractivity (Wildman–Crippen MR) is 75.5 cm³/mol. The minimum absolute atomic E-state index is 0.636. The monoisotopic (exact) mass is 394 g/mol. The van der Waals surface area contributed by atoms with Gasteiger partial charge < -0.3 is 4.74 Å². The highest BCUT2D eigenvalue weighted by molar-refractivity contribution is 14.1. The third-order valence-corrected chi connectivity index (χ3v) is 4.21. The van der Waals surface area contributed by atoms with E-state index >= 15 is 0 Å². The molecule has 1 aromatic heterocycles. The summed E-state index contributed by atoms with van der Waals surface area (Å²) in [5, 5.41) is 2.06. The molecule has 0 fully saturated rings. The molecule has 15 heavy (non-hydrogen) atoms. The van der Waals surface area contributed by atoms with Crippen LogP contribution in [0.1, 0.15) is 4.88 Å². The van der Waals surface area contributed by atoms with E-state index < -0.39 is 0 Å². The SMILES string of the molecule is Brc1csc(COc2ccc(I)cc2)c1. The van der Waals surface area contributed by atoms with Crippen molar-refractivity contribution in [1.82, 2.24) is 0 Å². The Morgan fingerprint density at radius 3 is 2.60 bits per heavy atom. The molecule has 0 unspecified atom stereocenters. The van der Waals surface area contributed by atoms with Gasteiger partial charge in [0.15, 0.2) is 0 Å². The van der Waals surface area contributed by atoms with Crippen molar-refractivity contribution in [2.75, 3.05) is 0 Å². The van der Waals surface area contributed by atoms with Gasteiger partial charge in [-0.05, 0) is 68.9 Å². The van der Waals surface area contributed by atoms with Crippen molar-refractivity contribution < 1.29 is 4.74 Å². The number of halogens is 2. The summed E-state index contributed by atoms with van der Waals surface area (Å²) in [6.45, 7) is 0.636. The molecule has 0 aliphatic carbocycles. The lowest BCUT2D eigenvalue weighted by atomic mass is 10.3. The molecule has 0 saturated heterocycles. The van der Waals surface area contributed by atoms with Crippen LogP contribution in [0.15, 0.2) is 40.2 Å². The second-order valence-electron chi connectivity index (χ2n) is 2.97. The van der Waals surface area contributed by atoms with E-state index in [1.54, 1.807) is 11.3 Å². The summed E-state index contributed by atoms with van der Waals surface area (Å²) in [6.07, 6.45) is 0. The topological polar surface area (TPSA) is 9.23 Å². The van der Waals surface area contributed by atoms with Crippen LogP contribution < -0.4 is 4.74 Å². The number of hydrogen-bond acceptors (Lipinski definition) is 2. The van der Waals surface area contributed by atoms with Crippen molar-refractivity contribution in [2.24, 2.45) is 0 Å². The second-order valence-corrected chi connectivity index (χ2v) is 6.13. The fraction of sp³-hybridized carbons (Fsp3) is 0.0909. The van der Waals surface area contributed by atoms with E-state index in [4.69, 9.17) is 4.74 Å². The molecule has 0 N–H and O–H groups in total. The molecule has 2 rings (SSSR count). The lowest BCUT2D eigenvalue weighted by Gasteiger charge is -2.03. The molecule has 1 heterocycles. The molecule has 0 atom stereocenters. The van der Waals surface area contributed by atoms with Crippen LogP contribution in [0.2, 0.25) is 0 Å². The van der Waals surface area contributed by atoms with Crippen molar-refractivity contribution in [3.05, 3.63) is 48.6 Å². The van der Waals surface area contributed by atoms with E-state index in [0.29, 0.717) is 6.61 Å². The second kappa shape index (κ2) is 5.32. The summed E-state index contributed by atoms with van der Waals surface area (Å²) >= 11 is 7.40. The fourth-order valence-electron chi connectivity index (χ4n) is 1.11. The van der Waals surface area contributed by atoms with Crippen molar-refractivity contribution >= 4 is 49.9 Å². The maximum absolute atomic E-state index is 5.65. The fourth-order valence-corrected chi connectivity index (χ4v) is 2.84. The van der Waals surface area contributed by atoms with Crippen molar-refractivity contribution in [1.29, 1.82) is 0 Å². The maximum Gasteiger partial charge on any atom is 0.122 e. The summed E-state index contributed by atoms with van der Waals surface area (Å²) in [7, 11) is 0. The van der Waals surface area contributed by atoms with E-state index in [9.17, 15) is 0 Å². The molecule has 0 saturated carbocycles. The quantitative estimate of drug-likeness (QED) is 0.686. The van der Waals surface area contributed by atoms with Crippen molar-refractivity contribution in [3.8, 4) is 5.75 Å². The number of hydrogen-bond donors (Lipinski definition) is 0. The Labute approximate surface area is 115 Å². The van der Waals surface area contributed by atoms with E-state index in [1.807, 2.05) is 24.3 Å². The minimum atomic E-state index is 0.636. The molecule has 0 aliphatic heterocycles. The number of thiophene rings is 1. The highest BCUT2D eigenvalue weighted by Gasteiger charge is 1.99. The van der Waals surface area contributed by atoms with Gasteiger partial charge in [-0.2, -0.15) is 0 Å². The molecule has 2 aromatic rings. The van der Waals surface area contributed by atoms with Gasteiger partial charge in [0.2, 0.25) is 0 Å². The summed E-state index contributed by atoms with van der Waals surface area (Å²) in [5.74, 6) is 0.917. The summed E-state index contributed by atoms with van der Waals surface area (Å²) in [6, 6.07) is 10.1. The maximum atomic E-state index is 5.65. The average molecular weight is 395 g/mol. The van der Waals surface area contributed by atoms with Crippen LogP contribution in [0.4, 0.5) is 0 Å². The normalized spacial score (nSPS) is 10.3. The Morgan fingerprint density at radius 1 is 1.27 bits per heavy atom. The van der Waals surface area contributed by atoms with Crippen LogP contribution >= 0.6 is 49.9 Å². The van der Waals surface area contributed by atoms with Crippen LogP contribution in [0.3, 0.4) is 0 Å². The Kier molecular flexibility index (Phi) is 4.05. The Morgan fingerprint density at radius 2 is 2.00 bits per heavy atom. The number of rotatable bonds is 3. The first-order valence-electron chi connectivity index (χ1n) is 4.35. The molecule has 4 heteroatoms. The first-order valence-corrected chi connectivity index (χ1v) is 7.10. The molecular weight excluding hydrogens is 387 g/mol. The molecule has 1 aromatic carbocycles. The molecule has 1 nitrogen and oxygen atoms in total. The van der Waals surface area contributed by atoms with Gasteiger partial charge in [0, 0.05) is 18.3 Å². The van der Waals surface area contributed by atoms with Gasteiger partial charge in [0.05, 0.1) is 0 Å². The van der Waals surface area contributed by atoms with Gasteiger partial charge in [-0.3, -0.25) is 0 Å². The van der Waals surface area contributed by atoms with Crippen LogP contribution in [0, 0.1) is 3.57 Å². The van der Waals surface area contributed by atoms with Crippen LogP contribution in [-0.4, -0.2) is 0 Å². The van der Waals surface area contributed by atoms with Gasteiger partial charge in [0.1, 0.15) is 12.4 Å². The Balaban J connectivity index is 1.96. The highest BCUT2D eigenvalue weighted by atomic mass is 127. The third kappa shape index (κ3) is 3.46. The van der Waals surface area contributed by atoms with E-state index in [-0.39, 0.29) is 0 Å². The zero-order valence-electron chi connectivity index (χ0n) is 7.74. The summed E-state index contributed by atoms with van der Waals surface area (Å²) in [4.78, 5) is 1.22. The summed E-state index contributed by atoms with van der Waals surface area (Å²) < 4.78 is 7.99. The Bertz CT molecular complexity index is 438. The Hall–Kier alpha value is -0.0700. The van der Waals surface area contributed by atoms with Gasteiger partial charge in [-0.25, -0.2) is 0 Å². The molecular formula is C11H8BrIOS. The van der Waals surface area contributed by atoms with Gasteiger partial charge >= 0.3 is 0 Å². The number of benzene rings is 1. The van der Waals surface area contributed by atoms with Crippen molar-refractivity contribution in [2.45, 2.75) is 6.61 Å². The molecule has 0 aliphatic rings. The molecule has 0 bridgehead atoms. The van der Waals surface area contributed by atoms with E-state index in [0.717, 1.165) is 10.2 Å². The lowest BCUT2D eigenvalue weighted by molar-refractivity contribution is 0.309. The third-order valence-electron chi connectivity index (χ3n) is 1.82. The molecule has 0 spiro atoms. The van der Waals surface area contributed by atoms with Crippen molar-refractivity contribution in [3.63, 3.8) is 0 Å². The number of ether oxygens (including phenoxy) is 1. The molecule has 0 radical (unpaired) electrons. The van der Waals surface area contributed by atoms with Crippen LogP contribution in [-0.2, 0) is 6.61 Å². The minimum Gasteiger partial charge on any atom is -0.488 e. The first-order chi connectivity index (χ1) is 7.24. The predicted octanol–water partition coefficient (Wildman–Crippen LogP) is 4.69. The zero-order valence-corrected chi connectivity index (χ0v) is 12.3. The van der Waals surface area contributed by atoms with Gasteiger partial charge in [0.25, 0.3) is 0 Å². The van der Waals surface area contributed by atoms with Gasteiger partial charge in [-0.15, -0.1) is 11.3 Å². The molecule has 0 amide bonds. The highest BCUT2D eigenvalue weighted by Crippen LogP contribution is 2.22. The van der Waals surface area contributed by atoms with E-state index in [1.165, 1.54) is 8.45 Å². The zero-order chi connectivity index (χ0) is 10.7. The van der Waals surface area contributed by atoms with Gasteiger partial charge in [-0.1, -0.05) is 0 Å².